The summed E-state index contributed by atoms with van der Waals surface area (Å²) in [6.45, 7) is 4.10. The van der Waals surface area contributed by atoms with Gasteiger partial charge in [0, 0.05) is 35.8 Å². The molecule has 0 bridgehead atoms. The van der Waals surface area contributed by atoms with Crippen LogP contribution in [0.25, 0.3) is 0 Å². The molecule has 0 radical (unpaired) electrons. The maximum absolute atomic E-state index is 12.1. The lowest BCUT2D eigenvalue weighted by molar-refractivity contribution is 0.0600. The van der Waals surface area contributed by atoms with Crippen LogP contribution in [-0.2, 0) is 4.74 Å². The first-order chi connectivity index (χ1) is 11.6. The summed E-state index contributed by atoms with van der Waals surface area (Å²) in [5.41, 5.74) is 0.529. The number of carbonyl (C=O) groups excluding carboxylic acids is 1. The second kappa shape index (κ2) is 7.83. The van der Waals surface area contributed by atoms with Crippen molar-refractivity contribution in [1.29, 1.82) is 0 Å². The van der Waals surface area contributed by atoms with E-state index in [9.17, 15) is 4.79 Å². The van der Waals surface area contributed by atoms with Crippen LogP contribution in [0.3, 0.4) is 0 Å². The number of hydrogen-bond acceptors (Lipinski definition) is 5. The number of halogens is 1. The van der Waals surface area contributed by atoms with Crippen molar-refractivity contribution in [3.63, 3.8) is 0 Å². The van der Waals surface area contributed by atoms with Gasteiger partial charge in [-0.25, -0.2) is 9.78 Å². The number of carbonyl (C=O) groups is 1. The molecule has 1 N–H and O–H groups in total. The number of methoxy groups -OCH3 is 1. The maximum Gasteiger partial charge on any atom is 0.341 e. The highest BCUT2D eigenvalue weighted by Crippen LogP contribution is 2.28. The summed E-state index contributed by atoms with van der Waals surface area (Å²) >= 11 is 3.39. The molecule has 1 saturated heterocycles. The van der Waals surface area contributed by atoms with Gasteiger partial charge in [-0.1, -0.05) is 19.8 Å². The molecule has 0 spiro atoms. The fourth-order valence-corrected chi connectivity index (χ4v) is 4.26. The number of aromatic nitrogens is 1. The van der Waals surface area contributed by atoms with Crippen LogP contribution in [0.1, 0.15) is 49.4 Å². The average Bonchev–Trinajstić information content (AvgIpc) is 3.09. The molecule has 24 heavy (non-hydrogen) atoms. The average molecular weight is 396 g/mol. The van der Waals surface area contributed by atoms with Crippen LogP contribution in [-0.4, -0.2) is 43.2 Å². The second-order valence-electron chi connectivity index (χ2n) is 6.98. The molecular weight excluding hydrogens is 370 g/mol. The van der Waals surface area contributed by atoms with Crippen molar-refractivity contribution in [2.24, 2.45) is 5.92 Å². The summed E-state index contributed by atoms with van der Waals surface area (Å²) in [7, 11) is 1.41. The van der Waals surface area contributed by atoms with Crippen LogP contribution in [0.4, 0.5) is 5.82 Å². The topological polar surface area (TPSA) is 54.5 Å². The molecule has 2 unspecified atom stereocenters. The fourth-order valence-electron chi connectivity index (χ4n) is 3.93. The molecule has 3 rings (SSSR count). The number of nitrogens with zero attached hydrogens (tertiary/aromatic N) is 2. The molecular formula is C18H26BrN3O2. The highest BCUT2D eigenvalue weighted by Gasteiger charge is 2.31. The Morgan fingerprint density at radius 1 is 1.38 bits per heavy atom. The van der Waals surface area contributed by atoms with Gasteiger partial charge in [-0.15, -0.1) is 0 Å². The quantitative estimate of drug-likeness (QED) is 0.791. The summed E-state index contributed by atoms with van der Waals surface area (Å²) in [5, 5.41) is 3.85. The van der Waals surface area contributed by atoms with E-state index in [4.69, 9.17) is 4.74 Å². The number of rotatable bonds is 4. The van der Waals surface area contributed by atoms with Crippen LogP contribution in [0, 0.1) is 5.92 Å². The van der Waals surface area contributed by atoms with Gasteiger partial charge in [-0.05, 0) is 47.2 Å². The van der Waals surface area contributed by atoms with Gasteiger partial charge in [-0.3, -0.25) is 0 Å². The summed E-state index contributed by atoms with van der Waals surface area (Å²) in [4.78, 5) is 18.8. The van der Waals surface area contributed by atoms with Gasteiger partial charge in [0.15, 0.2) is 0 Å². The van der Waals surface area contributed by atoms with Gasteiger partial charge in [-0.2, -0.15) is 0 Å². The van der Waals surface area contributed by atoms with E-state index >= 15 is 0 Å². The molecule has 0 aromatic carbocycles. The molecule has 1 saturated carbocycles. The number of anilines is 1. The molecule has 1 aromatic rings. The third-order valence-electron chi connectivity index (χ3n) is 5.25. The van der Waals surface area contributed by atoms with Gasteiger partial charge in [0.05, 0.1) is 7.11 Å². The van der Waals surface area contributed by atoms with E-state index in [0.29, 0.717) is 23.6 Å². The molecule has 2 atom stereocenters. The number of esters is 1. The van der Waals surface area contributed by atoms with Gasteiger partial charge >= 0.3 is 5.97 Å². The van der Waals surface area contributed by atoms with Crippen molar-refractivity contribution in [2.45, 2.75) is 51.1 Å². The molecule has 1 aromatic heterocycles. The van der Waals surface area contributed by atoms with Crippen LogP contribution < -0.4 is 10.2 Å². The summed E-state index contributed by atoms with van der Waals surface area (Å²) in [5.74, 6) is 0.921. The highest BCUT2D eigenvalue weighted by molar-refractivity contribution is 9.10. The monoisotopic (exact) mass is 395 g/mol. The van der Waals surface area contributed by atoms with Gasteiger partial charge in [0.1, 0.15) is 11.4 Å². The zero-order chi connectivity index (χ0) is 17.1. The van der Waals surface area contributed by atoms with E-state index in [1.54, 1.807) is 12.3 Å². The maximum atomic E-state index is 12.1. The number of nitrogens with one attached hydrogen (secondary N) is 1. The predicted molar refractivity (Wildman–Crippen MR) is 98.5 cm³/mol. The highest BCUT2D eigenvalue weighted by atomic mass is 79.9. The lowest BCUT2D eigenvalue weighted by Gasteiger charge is -2.39. The van der Waals surface area contributed by atoms with Crippen molar-refractivity contribution in [3.8, 4) is 0 Å². The van der Waals surface area contributed by atoms with E-state index in [1.807, 2.05) is 0 Å². The van der Waals surface area contributed by atoms with Crippen molar-refractivity contribution >= 4 is 27.7 Å². The third kappa shape index (κ3) is 3.91. The summed E-state index contributed by atoms with van der Waals surface area (Å²) in [6.07, 6.45) is 8.17. The lowest BCUT2D eigenvalue weighted by atomic mass is 9.92. The van der Waals surface area contributed by atoms with Gasteiger partial charge in [0.2, 0.25) is 0 Å². The zero-order valence-electron chi connectivity index (χ0n) is 14.4. The Morgan fingerprint density at radius 3 is 2.79 bits per heavy atom. The normalized spacial score (nSPS) is 25.0. The smallest absolute Gasteiger partial charge is 0.341 e. The van der Waals surface area contributed by atoms with Crippen LogP contribution >= 0.6 is 15.9 Å². The molecule has 132 valence electrons. The summed E-state index contributed by atoms with van der Waals surface area (Å²) < 4.78 is 5.71. The van der Waals surface area contributed by atoms with E-state index in [1.165, 1.54) is 32.8 Å². The van der Waals surface area contributed by atoms with Crippen LogP contribution in [0.5, 0.6) is 0 Å². The van der Waals surface area contributed by atoms with Gasteiger partial charge < -0.3 is 15.0 Å². The van der Waals surface area contributed by atoms with Crippen molar-refractivity contribution in [2.75, 3.05) is 25.1 Å². The molecule has 6 heteroatoms. The molecule has 1 aliphatic heterocycles. The first kappa shape index (κ1) is 17.7. The molecule has 2 aliphatic rings. The Hall–Kier alpha value is -1.14. The Bertz CT molecular complexity index is 590. The van der Waals surface area contributed by atoms with E-state index in [0.717, 1.165) is 29.8 Å². The SMILES string of the molecule is COC(=O)c1cc(Br)cnc1N1CCC(NC2CCCC2)C(C)C1. The second-order valence-corrected chi connectivity index (χ2v) is 7.90. The first-order valence-corrected chi connectivity index (χ1v) is 9.62. The Kier molecular flexibility index (Phi) is 5.76. The molecule has 1 aliphatic carbocycles. The Balaban J connectivity index is 1.70. The van der Waals surface area contributed by atoms with Crippen LogP contribution in [0.15, 0.2) is 16.7 Å². The van der Waals surface area contributed by atoms with E-state index < -0.39 is 0 Å². The van der Waals surface area contributed by atoms with Gasteiger partial charge in [0.25, 0.3) is 0 Å². The molecule has 5 nitrogen and oxygen atoms in total. The number of pyridine rings is 1. The van der Waals surface area contributed by atoms with Crippen molar-refractivity contribution in [3.05, 3.63) is 22.3 Å². The van der Waals surface area contributed by atoms with Crippen molar-refractivity contribution < 1.29 is 9.53 Å². The number of ether oxygens (including phenoxy) is 1. The standard InChI is InChI=1S/C18H26BrN3O2/c1-12-11-22(8-7-16(12)21-14-5-3-4-6-14)17-15(18(23)24-2)9-13(19)10-20-17/h9-10,12,14,16,21H,3-8,11H2,1-2H3. The minimum absolute atomic E-state index is 0.336. The summed E-state index contributed by atoms with van der Waals surface area (Å²) in [6, 6.07) is 3.05. The number of hydrogen-bond donors (Lipinski definition) is 1. The minimum atomic E-state index is -0.336. The largest absolute Gasteiger partial charge is 0.465 e. The third-order valence-corrected chi connectivity index (χ3v) is 5.68. The number of piperidine rings is 1. The Labute approximate surface area is 152 Å². The lowest BCUT2D eigenvalue weighted by Crippen LogP contribution is -2.51. The fraction of sp³-hybridized carbons (Fsp3) is 0.667. The molecule has 0 amide bonds. The van der Waals surface area contributed by atoms with Crippen molar-refractivity contribution in [1.82, 2.24) is 10.3 Å². The van der Waals surface area contributed by atoms with Crippen LogP contribution in [0.2, 0.25) is 0 Å². The van der Waals surface area contributed by atoms with E-state index in [2.05, 4.69) is 38.1 Å². The first-order valence-electron chi connectivity index (χ1n) is 8.83. The molecule has 2 heterocycles. The Morgan fingerprint density at radius 2 is 2.12 bits per heavy atom. The predicted octanol–water partition coefficient (Wildman–Crippen LogP) is 3.38. The minimum Gasteiger partial charge on any atom is -0.465 e. The van der Waals surface area contributed by atoms with E-state index in [-0.39, 0.29) is 5.97 Å². The molecule has 2 fully saturated rings. The zero-order valence-corrected chi connectivity index (χ0v) is 16.0.